The maximum Gasteiger partial charge on any atom is 0.262 e. The van der Waals surface area contributed by atoms with Crippen LogP contribution in [0.5, 0.6) is 28.7 Å². The smallest absolute Gasteiger partial charge is 0.262 e. The first-order chi connectivity index (χ1) is 16.5. The molecule has 0 bridgehead atoms. The number of carbonyl (C=O) groups excluding carboxylic acids is 2. The largest absolute Gasteiger partial charge is 0.497 e. The molecule has 0 saturated carbocycles. The number of hydrogen-bond acceptors (Lipinski definition) is 7. The average molecular weight is 461 g/mol. The third kappa shape index (κ3) is 4.96. The normalized spacial score (nSPS) is 13.1. The zero-order valence-corrected chi connectivity index (χ0v) is 18.9. The molecule has 4 rings (SSSR count). The number of ketones is 1. The van der Waals surface area contributed by atoms with E-state index in [9.17, 15) is 9.59 Å². The average Bonchev–Trinajstić information content (AvgIpc) is 3.17. The van der Waals surface area contributed by atoms with Crippen LogP contribution < -0.4 is 29.0 Å². The van der Waals surface area contributed by atoms with E-state index in [1.54, 1.807) is 68.8 Å². The van der Waals surface area contributed by atoms with Crippen molar-refractivity contribution < 1.29 is 33.3 Å². The van der Waals surface area contributed by atoms with Gasteiger partial charge in [-0.05, 0) is 48.0 Å². The number of benzene rings is 3. The van der Waals surface area contributed by atoms with Gasteiger partial charge in [0.05, 0.1) is 32.6 Å². The van der Waals surface area contributed by atoms with Gasteiger partial charge < -0.3 is 29.0 Å². The Kier molecular flexibility index (Phi) is 6.68. The topological polar surface area (TPSA) is 92.3 Å². The fourth-order valence-corrected chi connectivity index (χ4v) is 3.35. The van der Waals surface area contributed by atoms with Crippen molar-refractivity contribution in [3.05, 3.63) is 77.5 Å². The molecule has 0 fully saturated rings. The van der Waals surface area contributed by atoms with Gasteiger partial charge in [-0.2, -0.15) is 0 Å². The van der Waals surface area contributed by atoms with E-state index in [4.69, 9.17) is 23.7 Å². The van der Waals surface area contributed by atoms with Crippen molar-refractivity contribution in [1.82, 2.24) is 0 Å². The molecule has 34 heavy (non-hydrogen) atoms. The van der Waals surface area contributed by atoms with Gasteiger partial charge in [-0.1, -0.05) is 12.1 Å². The van der Waals surface area contributed by atoms with Gasteiger partial charge in [0.25, 0.3) is 5.91 Å². The summed E-state index contributed by atoms with van der Waals surface area (Å²) in [6.07, 6.45) is 1.66. The van der Waals surface area contributed by atoms with Crippen LogP contribution in [0.1, 0.15) is 15.9 Å². The minimum atomic E-state index is -0.374. The van der Waals surface area contributed by atoms with Crippen LogP contribution in [-0.4, -0.2) is 39.6 Å². The molecule has 1 amide bonds. The molecule has 3 aromatic carbocycles. The summed E-state index contributed by atoms with van der Waals surface area (Å²) in [5.74, 6) is 2.19. The molecular weight excluding hydrogens is 438 g/mol. The summed E-state index contributed by atoms with van der Waals surface area (Å²) in [6, 6.07) is 17.2. The first kappa shape index (κ1) is 22.7. The second kappa shape index (κ2) is 9.99. The third-order valence-corrected chi connectivity index (χ3v) is 5.11. The Morgan fingerprint density at radius 1 is 0.882 bits per heavy atom. The molecule has 0 radical (unpaired) electrons. The lowest BCUT2D eigenvalue weighted by Gasteiger charge is -2.12. The molecule has 1 heterocycles. The van der Waals surface area contributed by atoms with Crippen LogP contribution in [0.2, 0.25) is 0 Å². The van der Waals surface area contributed by atoms with Crippen molar-refractivity contribution in [3.63, 3.8) is 0 Å². The molecule has 3 aromatic rings. The third-order valence-electron chi connectivity index (χ3n) is 5.11. The highest BCUT2D eigenvalue weighted by molar-refractivity contribution is 6.14. The Morgan fingerprint density at radius 2 is 1.59 bits per heavy atom. The molecule has 0 saturated heterocycles. The summed E-state index contributed by atoms with van der Waals surface area (Å²) in [5.41, 5.74) is 1.73. The van der Waals surface area contributed by atoms with Crippen LogP contribution in [0, 0.1) is 0 Å². The van der Waals surface area contributed by atoms with Crippen molar-refractivity contribution in [2.24, 2.45) is 0 Å². The van der Waals surface area contributed by atoms with Gasteiger partial charge in [0.15, 0.2) is 12.4 Å². The molecule has 0 aromatic heterocycles. The number of anilines is 1. The predicted octanol–water partition coefficient (Wildman–Crippen LogP) is 4.35. The monoisotopic (exact) mass is 461 g/mol. The van der Waals surface area contributed by atoms with Crippen LogP contribution in [0.25, 0.3) is 6.08 Å². The zero-order chi connectivity index (χ0) is 24.1. The van der Waals surface area contributed by atoms with Crippen LogP contribution >= 0.6 is 0 Å². The van der Waals surface area contributed by atoms with Crippen LogP contribution in [0.4, 0.5) is 5.69 Å². The van der Waals surface area contributed by atoms with Crippen molar-refractivity contribution >= 4 is 23.5 Å². The van der Waals surface area contributed by atoms with Gasteiger partial charge in [-0.3, -0.25) is 9.59 Å². The lowest BCUT2D eigenvalue weighted by Crippen LogP contribution is -2.20. The molecule has 174 valence electrons. The molecule has 1 aliphatic heterocycles. The first-order valence-electron chi connectivity index (χ1n) is 10.4. The Hall–Kier alpha value is -4.46. The van der Waals surface area contributed by atoms with E-state index in [1.165, 1.54) is 7.11 Å². The molecular formula is C26H23NO7. The van der Waals surface area contributed by atoms with E-state index in [1.807, 2.05) is 12.1 Å². The molecule has 8 heteroatoms. The molecule has 0 atom stereocenters. The minimum absolute atomic E-state index is 0.210. The summed E-state index contributed by atoms with van der Waals surface area (Å²) < 4.78 is 26.9. The summed E-state index contributed by atoms with van der Waals surface area (Å²) in [5, 5.41) is 2.74. The number of fused-ring (bicyclic) bond motifs is 1. The number of allylic oxidation sites excluding steroid dienone is 1. The zero-order valence-electron chi connectivity index (χ0n) is 18.9. The number of ether oxygens (including phenoxy) is 5. The maximum absolute atomic E-state index is 12.7. The van der Waals surface area contributed by atoms with Gasteiger partial charge >= 0.3 is 0 Å². The number of hydrogen-bond donors (Lipinski definition) is 1. The van der Waals surface area contributed by atoms with E-state index < -0.39 is 0 Å². The molecule has 1 N–H and O–H groups in total. The number of Topliss-reactive ketones (excluding diaryl/α,β-unsaturated/α-hetero) is 1. The Balaban J connectivity index is 1.40. The molecule has 0 unspecified atom stereocenters. The van der Waals surface area contributed by atoms with E-state index in [0.717, 1.165) is 11.3 Å². The molecule has 0 aliphatic carbocycles. The fraction of sp³-hybridized carbons (Fsp3) is 0.154. The number of amides is 1. The van der Waals surface area contributed by atoms with Gasteiger partial charge in [-0.15, -0.1) is 0 Å². The van der Waals surface area contributed by atoms with Crippen molar-refractivity contribution in [2.75, 3.05) is 33.3 Å². The highest BCUT2D eigenvalue weighted by Crippen LogP contribution is 2.35. The Labute approximate surface area is 196 Å². The number of rotatable bonds is 8. The van der Waals surface area contributed by atoms with Gasteiger partial charge in [0.1, 0.15) is 28.7 Å². The summed E-state index contributed by atoms with van der Waals surface area (Å²) in [4.78, 5) is 25.0. The van der Waals surface area contributed by atoms with Crippen LogP contribution in [-0.2, 0) is 4.79 Å². The lowest BCUT2D eigenvalue weighted by molar-refractivity contribution is -0.118. The Morgan fingerprint density at radius 3 is 2.29 bits per heavy atom. The van der Waals surface area contributed by atoms with E-state index in [0.29, 0.717) is 34.2 Å². The van der Waals surface area contributed by atoms with Crippen molar-refractivity contribution in [1.29, 1.82) is 0 Å². The van der Waals surface area contributed by atoms with Crippen LogP contribution in [0.15, 0.2) is 66.4 Å². The second-order valence-corrected chi connectivity index (χ2v) is 7.27. The van der Waals surface area contributed by atoms with Gasteiger partial charge in [0.2, 0.25) is 5.78 Å². The standard InChI is InChI=1S/C26H23NO7/c1-30-17-6-4-16(5-7-17)12-24-26(29)20-10-8-19(14-22(20)34-24)33-15-25(28)27-21-11-9-18(31-2)13-23(21)32-3/h4-14H,15H2,1-3H3,(H,27,28). The lowest BCUT2D eigenvalue weighted by atomic mass is 10.1. The molecule has 8 nitrogen and oxygen atoms in total. The molecule has 1 aliphatic rings. The Bertz CT molecular complexity index is 1250. The van der Waals surface area contributed by atoms with E-state index in [-0.39, 0.29) is 24.1 Å². The van der Waals surface area contributed by atoms with Crippen molar-refractivity contribution in [2.45, 2.75) is 0 Å². The summed E-state index contributed by atoms with van der Waals surface area (Å²) in [6.45, 7) is -0.240. The number of methoxy groups -OCH3 is 3. The maximum atomic E-state index is 12.7. The second-order valence-electron chi connectivity index (χ2n) is 7.27. The number of carbonyl (C=O) groups is 2. The molecule has 0 spiro atoms. The van der Waals surface area contributed by atoms with Gasteiger partial charge in [-0.25, -0.2) is 0 Å². The van der Waals surface area contributed by atoms with Crippen molar-refractivity contribution in [3.8, 4) is 28.7 Å². The quantitative estimate of drug-likeness (QED) is 0.499. The van der Waals surface area contributed by atoms with Gasteiger partial charge in [0, 0.05) is 12.1 Å². The first-order valence-corrected chi connectivity index (χ1v) is 10.4. The fourth-order valence-electron chi connectivity index (χ4n) is 3.35. The van der Waals surface area contributed by atoms with E-state index in [2.05, 4.69) is 5.32 Å². The summed E-state index contributed by atoms with van der Waals surface area (Å²) in [7, 11) is 4.64. The van der Waals surface area contributed by atoms with Crippen LogP contribution in [0.3, 0.4) is 0 Å². The highest BCUT2D eigenvalue weighted by atomic mass is 16.5. The predicted molar refractivity (Wildman–Crippen MR) is 126 cm³/mol. The number of nitrogens with one attached hydrogen (secondary N) is 1. The minimum Gasteiger partial charge on any atom is -0.497 e. The van der Waals surface area contributed by atoms with E-state index >= 15 is 0 Å². The SMILES string of the molecule is COc1ccc(C=C2Oc3cc(OCC(=O)Nc4ccc(OC)cc4OC)ccc3C2=O)cc1. The summed E-state index contributed by atoms with van der Waals surface area (Å²) >= 11 is 0. The highest BCUT2D eigenvalue weighted by Gasteiger charge is 2.27.